The van der Waals surface area contributed by atoms with E-state index in [2.05, 4.69) is 10.2 Å². The van der Waals surface area contributed by atoms with Crippen LogP contribution in [0.2, 0.25) is 5.02 Å². The number of carbonyl (C=O) groups excluding carboxylic acids is 2. The van der Waals surface area contributed by atoms with Gasteiger partial charge in [0.1, 0.15) is 6.04 Å². The maximum absolute atomic E-state index is 13.0. The van der Waals surface area contributed by atoms with Gasteiger partial charge < -0.3 is 19.5 Å². The monoisotopic (exact) mass is 389 g/mol. The lowest BCUT2D eigenvalue weighted by molar-refractivity contribution is -0.134. The minimum Gasteiger partial charge on any atom is -0.459 e. The van der Waals surface area contributed by atoms with E-state index in [1.54, 1.807) is 12.1 Å². The Morgan fingerprint density at radius 3 is 2.44 bits per heavy atom. The second-order valence-corrected chi connectivity index (χ2v) is 7.40. The Labute approximate surface area is 164 Å². The molecule has 144 valence electrons. The average molecular weight is 390 g/mol. The van der Waals surface area contributed by atoms with E-state index >= 15 is 0 Å². The number of amides is 2. The van der Waals surface area contributed by atoms with Gasteiger partial charge in [0, 0.05) is 36.9 Å². The normalized spacial score (nSPS) is 15.7. The third kappa shape index (κ3) is 4.63. The van der Waals surface area contributed by atoms with Crippen LogP contribution in [0, 0.1) is 5.92 Å². The minimum absolute atomic E-state index is 0.0256. The van der Waals surface area contributed by atoms with E-state index in [1.807, 2.05) is 43.0 Å². The van der Waals surface area contributed by atoms with Gasteiger partial charge in [0.15, 0.2) is 5.76 Å². The van der Waals surface area contributed by atoms with Crippen LogP contribution in [0.5, 0.6) is 0 Å². The lowest BCUT2D eigenvalue weighted by Gasteiger charge is -2.38. The van der Waals surface area contributed by atoms with Crippen molar-refractivity contribution in [3.05, 3.63) is 53.4 Å². The number of hydrogen-bond acceptors (Lipinski definition) is 4. The van der Waals surface area contributed by atoms with Crippen LogP contribution in [0.15, 0.2) is 47.1 Å². The van der Waals surface area contributed by atoms with Crippen molar-refractivity contribution in [3.8, 4) is 0 Å². The van der Waals surface area contributed by atoms with Crippen molar-refractivity contribution < 1.29 is 14.0 Å². The molecule has 0 unspecified atom stereocenters. The number of piperazine rings is 1. The van der Waals surface area contributed by atoms with Gasteiger partial charge in [-0.05, 0) is 36.2 Å². The Bertz CT molecular complexity index is 784. The fraction of sp³-hybridized carbons (Fsp3) is 0.400. The number of furan rings is 1. The summed E-state index contributed by atoms with van der Waals surface area (Å²) < 4.78 is 5.12. The van der Waals surface area contributed by atoms with Crippen molar-refractivity contribution in [2.45, 2.75) is 19.9 Å². The van der Waals surface area contributed by atoms with Crippen molar-refractivity contribution in [1.29, 1.82) is 0 Å². The largest absolute Gasteiger partial charge is 0.459 e. The van der Waals surface area contributed by atoms with Gasteiger partial charge >= 0.3 is 0 Å². The fourth-order valence-electron chi connectivity index (χ4n) is 3.19. The summed E-state index contributed by atoms with van der Waals surface area (Å²) in [6.07, 6.45) is 1.44. The molecule has 0 saturated carbocycles. The van der Waals surface area contributed by atoms with E-state index < -0.39 is 6.04 Å². The molecular formula is C20H24ClN3O3. The summed E-state index contributed by atoms with van der Waals surface area (Å²) in [4.78, 5) is 29.3. The Balaban J connectivity index is 1.61. The van der Waals surface area contributed by atoms with Gasteiger partial charge in [0.25, 0.3) is 5.91 Å². The van der Waals surface area contributed by atoms with Crippen molar-refractivity contribution in [1.82, 2.24) is 10.2 Å². The van der Waals surface area contributed by atoms with E-state index in [0.717, 1.165) is 18.8 Å². The summed E-state index contributed by atoms with van der Waals surface area (Å²) in [5.74, 6) is -0.248. The summed E-state index contributed by atoms with van der Waals surface area (Å²) in [6, 6.07) is 10.4. The first-order valence-corrected chi connectivity index (χ1v) is 9.47. The highest BCUT2D eigenvalue weighted by Crippen LogP contribution is 2.21. The first-order chi connectivity index (χ1) is 13.0. The molecule has 1 aromatic heterocycles. The summed E-state index contributed by atoms with van der Waals surface area (Å²) in [7, 11) is 0. The van der Waals surface area contributed by atoms with E-state index in [4.69, 9.17) is 16.0 Å². The molecule has 7 heteroatoms. The van der Waals surface area contributed by atoms with Crippen LogP contribution in [0.25, 0.3) is 0 Å². The maximum atomic E-state index is 13.0. The van der Waals surface area contributed by atoms with E-state index in [1.165, 1.54) is 6.26 Å². The van der Waals surface area contributed by atoms with Crippen molar-refractivity contribution in [2.75, 3.05) is 31.1 Å². The SMILES string of the molecule is CC(C)[C@H](NC(=O)c1ccco1)C(=O)N1CCN(c2cccc(Cl)c2)CC1. The molecule has 6 nitrogen and oxygen atoms in total. The topological polar surface area (TPSA) is 65.8 Å². The summed E-state index contributed by atoms with van der Waals surface area (Å²) in [6.45, 7) is 6.50. The highest BCUT2D eigenvalue weighted by molar-refractivity contribution is 6.30. The molecule has 1 aliphatic heterocycles. The van der Waals surface area contributed by atoms with Gasteiger partial charge in [-0.3, -0.25) is 9.59 Å². The Hall–Kier alpha value is -2.47. The Morgan fingerprint density at radius 1 is 1.11 bits per heavy atom. The Morgan fingerprint density at radius 2 is 1.85 bits per heavy atom. The number of anilines is 1. The van der Waals surface area contributed by atoms with Crippen LogP contribution in [0.4, 0.5) is 5.69 Å². The lowest BCUT2D eigenvalue weighted by atomic mass is 10.0. The van der Waals surface area contributed by atoms with Crippen molar-refractivity contribution in [3.63, 3.8) is 0 Å². The number of carbonyl (C=O) groups is 2. The third-order valence-electron chi connectivity index (χ3n) is 4.73. The van der Waals surface area contributed by atoms with Crippen LogP contribution in [0.3, 0.4) is 0 Å². The maximum Gasteiger partial charge on any atom is 0.287 e. The van der Waals surface area contributed by atoms with Crippen molar-refractivity contribution in [2.24, 2.45) is 5.92 Å². The number of halogens is 1. The number of nitrogens with one attached hydrogen (secondary N) is 1. The molecule has 1 fully saturated rings. The van der Waals surface area contributed by atoms with E-state index in [9.17, 15) is 9.59 Å². The second-order valence-electron chi connectivity index (χ2n) is 6.96. The molecule has 3 rings (SSSR count). The first kappa shape index (κ1) is 19.3. The van der Waals surface area contributed by atoms with Crippen LogP contribution in [-0.4, -0.2) is 48.9 Å². The first-order valence-electron chi connectivity index (χ1n) is 9.09. The highest BCUT2D eigenvalue weighted by atomic mass is 35.5. The predicted molar refractivity (Wildman–Crippen MR) is 105 cm³/mol. The lowest BCUT2D eigenvalue weighted by Crippen LogP contribution is -2.56. The molecule has 1 atom stereocenters. The van der Waals surface area contributed by atoms with Crippen LogP contribution in [0.1, 0.15) is 24.4 Å². The van der Waals surface area contributed by atoms with E-state index in [0.29, 0.717) is 18.1 Å². The molecule has 1 aliphatic rings. The standard InChI is InChI=1S/C20H24ClN3O3/c1-14(2)18(22-19(25)17-7-4-12-27-17)20(26)24-10-8-23(9-11-24)16-6-3-5-15(21)13-16/h3-7,12-14,18H,8-11H2,1-2H3,(H,22,25)/t18-/m0/s1. The smallest absolute Gasteiger partial charge is 0.287 e. The molecule has 1 saturated heterocycles. The third-order valence-corrected chi connectivity index (χ3v) is 4.96. The molecule has 2 amide bonds. The van der Waals surface area contributed by atoms with Crippen LogP contribution < -0.4 is 10.2 Å². The van der Waals surface area contributed by atoms with Gasteiger partial charge in [-0.15, -0.1) is 0 Å². The molecule has 1 aromatic carbocycles. The van der Waals surface area contributed by atoms with Gasteiger partial charge in [-0.1, -0.05) is 31.5 Å². The van der Waals surface area contributed by atoms with Crippen LogP contribution in [-0.2, 0) is 4.79 Å². The molecule has 2 heterocycles. The zero-order chi connectivity index (χ0) is 19.4. The van der Waals surface area contributed by atoms with E-state index in [-0.39, 0.29) is 23.5 Å². The zero-order valence-corrected chi connectivity index (χ0v) is 16.3. The number of nitrogens with zero attached hydrogens (tertiary/aromatic N) is 2. The molecule has 0 radical (unpaired) electrons. The molecular weight excluding hydrogens is 366 g/mol. The molecule has 0 aliphatic carbocycles. The molecule has 0 spiro atoms. The summed E-state index contributed by atoms with van der Waals surface area (Å²) in [5, 5.41) is 3.51. The molecule has 0 bridgehead atoms. The fourth-order valence-corrected chi connectivity index (χ4v) is 3.37. The van der Waals surface area contributed by atoms with Crippen LogP contribution >= 0.6 is 11.6 Å². The highest BCUT2D eigenvalue weighted by Gasteiger charge is 2.31. The molecule has 27 heavy (non-hydrogen) atoms. The number of rotatable bonds is 5. The molecule has 1 N–H and O–H groups in total. The minimum atomic E-state index is -0.583. The summed E-state index contributed by atoms with van der Waals surface area (Å²) in [5.41, 5.74) is 1.06. The van der Waals surface area contributed by atoms with Gasteiger partial charge in [-0.25, -0.2) is 0 Å². The van der Waals surface area contributed by atoms with Gasteiger partial charge in [0.05, 0.1) is 6.26 Å². The number of benzene rings is 1. The zero-order valence-electron chi connectivity index (χ0n) is 15.5. The van der Waals surface area contributed by atoms with Gasteiger partial charge in [-0.2, -0.15) is 0 Å². The Kier molecular flexibility index (Phi) is 6.06. The predicted octanol–water partition coefficient (Wildman–Crippen LogP) is 3.04. The second kappa shape index (κ2) is 8.48. The average Bonchev–Trinajstić information content (AvgIpc) is 3.20. The summed E-state index contributed by atoms with van der Waals surface area (Å²) >= 11 is 6.07. The van der Waals surface area contributed by atoms with Crippen molar-refractivity contribution >= 4 is 29.1 Å². The number of hydrogen-bond donors (Lipinski definition) is 1. The van der Waals surface area contributed by atoms with Gasteiger partial charge in [0.2, 0.25) is 5.91 Å². The quantitative estimate of drug-likeness (QED) is 0.853. The molecule has 2 aromatic rings.